The number of aromatic nitrogens is 1. The lowest BCUT2D eigenvalue weighted by molar-refractivity contribution is -0.153. The molecule has 1 aliphatic rings. The largest absolute Gasteiger partial charge is 0.487 e. The van der Waals surface area contributed by atoms with Gasteiger partial charge in [-0.1, -0.05) is 60.7 Å². The van der Waals surface area contributed by atoms with Crippen molar-refractivity contribution in [1.82, 2.24) is 15.2 Å². The maximum atomic E-state index is 12.7. The lowest BCUT2D eigenvalue weighted by Gasteiger charge is -2.37. The van der Waals surface area contributed by atoms with Crippen LogP contribution in [-0.4, -0.2) is 70.3 Å². The van der Waals surface area contributed by atoms with Gasteiger partial charge in [-0.15, -0.1) is 11.3 Å². The van der Waals surface area contributed by atoms with Crippen LogP contribution in [0.25, 0.3) is 10.6 Å². The monoisotopic (exact) mass is 572 g/mol. The highest BCUT2D eigenvalue weighted by Crippen LogP contribution is 2.24. The maximum Gasteiger partial charge on any atom is 0.254 e. The number of nitrogens with zero attached hydrogens (tertiary/aromatic N) is 3. The molecular weight excluding hydrogens is 540 g/mol. The molecule has 0 bridgehead atoms. The highest BCUT2D eigenvalue weighted by atomic mass is 32.1. The van der Waals surface area contributed by atoms with E-state index in [0.717, 1.165) is 27.5 Å². The number of carbonyl (C=O) groups is 2. The number of ether oxygens (including phenoxy) is 1. The number of para-hydroxylation sites is 1. The number of carbonyl (C=O) groups excluding carboxylic acids is 2. The molecular formula is C31H32N4O5S. The fourth-order valence-electron chi connectivity index (χ4n) is 4.53. The summed E-state index contributed by atoms with van der Waals surface area (Å²) in [5, 5.41) is 26.3. The van der Waals surface area contributed by atoms with E-state index in [1.807, 2.05) is 66.0 Å². The molecule has 0 aliphatic carbocycles. The fourth-order valence-corrected chi connectivity index (χ4v) is 5.34. The number of hydrogen-bond acceptors (Lipinski definition) is 8. The number of benzene rings is 3. The van der Waals surface area contributed by atoms with E-state index in [9.17, 15) is 19.8 Å². The number of piperazine rings is 1. The van der Waals surface area contributed by atoms with E-state index in [2.05, 4.69) is 15.2 Å². The number of hydrogen-bond donors (Lipinski definition) is 3. The average Bonchev–Trinajstić information content (AvgIpc) is 3.52. The van der Waals surface area contributed by atoms with Gasteiger partial charge < -0.3 is 30.1 Å². The minimum atomic E-state index is -1.86. The molecule has 1 saturated heterocycles. The SMILES string of the molecule is O=C(NCc1ccc(OCc2csc(-c3ccccc3)n2)cc1)[C@H](O)[C@@H](O)C(=O)N1CCN(c2ccccc2)CC1. The minimum Gasteiger partial charge on any atom is -0.487 e. The van der Waals surface area contributed by atoms with E-state index >= 15 is 0 Å². The summed E-state index contributed by atoms with van der Waals surface area (Å²) in [4.78, 5) is 33.5. The van der Waals surface area contributed by atoms with E-state index < -0.39 is 24.0 Å². The second-order valence-corrected chi connectivity index (χ2v) is 10.6. The lowest BCUT2D eigenvalue weighted by Crippen LogP contribution is -2.55. The summed E-state index contributed by atoms with van der Waals surface area (Å²) in [6.07, 6.45) is -3.70. The summed E-state index contributed by atoms with van der Waals surface area (Å²) in [6, 6.07) is 27.0. The van der Waals surface area contributed by atoms with Gasteiger partial charge in [0.15, 0.2) is 12.2 Å². The molecule has 0 radical (unpaired) electrons. The predicted octanol–water partition coefficient (Wildman–Crippen LogP) is 3.08. The molecule has 4 aromatic rings. The van der Waals surface area contributed by atoms with Gasteiger partial charge in [0.05, 0.1) is 5.69 Å². The standard InChI is InChI=1S/C31H32N4O5S/c36-27(28(37)31(39)35-17-15-34(16-18-35)25-9-5-2-6-10-25)29(38)32-19-22-11-13-26(14-12-22)40-20-24-21-41-30(33-24)23-7-3-1-4-8-23/h1-14,21,27-28,36-37H,15-20H2,(H,32,38)/t27-,28-/m1/s1. The molecule has 10 heteroatoms. The van der Waals surface area contributed by atoms with Gasteiger partial charge in [0, 0.05) is 49.4 Å². The summed E-state index contributed by atoms with van der Waals surface area (Å²) in [6.45, 7) is 2.44. The lowest BCUT2D eigenvalue weighted by atomic mass is 10.1. The zero-order valence-electron chi connectivity index (χ0n) is 22.4. The van der Waals surface area contributed by atoms with E-state index in [1.165, 1.54) is 4.90 Å². The van der Waals surface area contributed by atoms with Gasteiger partial charge in [-0.25, -0.2) is 4.98 Å². The molecule has 9 nitrogen and oxygen atoms in total. The zero-order chi connectivity index (χ0) is 28.6. The van der Waals surface area contributed by atoms with Gasteiger partial charge in [0.25, 0.3) is 11.8 Å². The first-order chi connectivity index (χ1) is 20.0. The molecule has 0 unspecified atom stereocenters. The molecule has 5 rings (SSSR count). The molecule has 3 N–H and O–H groups in total. The molecule has 212 valence electrons. The maximum absolute atomic E-state index is 12.7. The van der Waals surface area contributed by atoms with Gasteiger partial charge >= 0.3 is 0 Å². The van der Waals surface area contributed by atoms with Gasteiger partial charge in [0.2, 0.25) is 0 Å². The van der Waals surface area contributed by atoms with Crippen molar-refractivity contribution in [2.24, 2.45) is 0 Å². The molecule has 1 aromatic heterocycles. The molecule has 0 spiro atoms. The summed E-state index contributed by atoms with van der Waals surface area (Å²) in [7, 11) is 0. The summed E-state index contributed by atoms with van der Waals surface area (Å²) >= 11 is 1.57. The second-order valence-electron chi connectivity index (χ2n) is 9.70. The number of anilines is 1. The quantitative estimate of drug-likeness (QED) is 0.268. The third-order valence-corrected chi connectivity index (χ3v) is 7.82. The number of nitrogens with one attached hydrogen (secondary N) is 1. The van der Waals surface area contributed by atoms with Crippen molar-refractivity contribution < 1.29 is 24.5 Å². The Hall–Kier alpha value is -4.25. The van der Waals surface area contributed by atoms with Crippen LogP contribution in [0.4, 0.5) is 5.69 Å². The number of rotatable bonds is 10. The van der Waals surface area contributed by atoms with Crippen LogP contribution in [0.5, 0.6) is 5.75 Å². The van der Waals surface area contributed by atoms with E-state index in [1.54, 1.807) is 35.6 Å². The smallest absolute Gasteiger partial charge is 0.254 e. The minimum absolute atomic E-state index is 0.124. The molecule has 2 amide bonds. The normalized spacial score (nSPS) is 14.8. The Morgan fingerprint density at radius 2 is 1.54 bits per heavy atom. The number of aliphatic hydroxyl groups excluding tert-OH is 2. The van der Waals surface area contributed by atoms with Crippen LogP contribution in [0.2, 0.25) is 0 Å². The molecule has 1 aliphatic heterocycles. The predicted molar refractivity (Wildman–Crippen MR) is 157 cm³/mol. The third kappa shape index (κ3) is 7.29. The Morgan fingerprint density at radius 3 is 2.22 bits per heavy atom. The van der Waals surface area contributed by atoms with Crippen LogP contribution >= 0.6 is 11.3 Å². The molecule has 1 fully saturated rings. The fraction of sp³-hybridized carbons (Fsp3) is 0.258. The van der Waals surface area contributed by atoms with Gasteiger partial charge in [-0.3, -0.25) is 9.59 Å². The van der Waals surface area contributed by atoms with E-state index in [0.29, 0.717) is 38.5 Å². The van der Waals surface area contributed by atoms with Crippen molar-refractivity contribution in [1.29, 1.82) is 0 Å². The third-order valence-electron chi connectivity index (χ3n) is 6.88. The van der Waals surface area contributed by atoms with Gasteiger partial charge in [-0.2, -0.15) is 0 Å². The van der Waals surface area contributed by atoms with Crippen molar-refractivity contribution in [3.8, 4) is 16.3 Å². The summed E-state index contributed by atoms with van der Waals surface area (Å²) < 4.78 is 5.85. The number of thiazole rings is 1. The van der Waals surface area contributed by atoms with Gasteiger partial charge in [-0.05, 0) is 29.8 Å². The molecule has 2 atom stereocenters. The first kappa shape index (κ1) is 28.3. The highest BCUT2D eigenvalue weighted by molar-refractivity contribution is 7.13. The van der Waals surface area contributed by atoms with Crippen LogP contribution in [0.1, 0.15) is 11.3 Å². The van der Waals surface area contributed by atoms with E-state index in [4.69, 9.17) is 4.74 Å². The van der Waals surface area contributed by atoms with Crippen LogP contribution in [-0.2, 0) is 22.7 Å². The van der Waals surface area contributed by atoms with Crippen LogP contribution in [0.3, 0.4) is 0 Å². The number of amides is 2. The Kier molecular flexibility index (Phi) is 9.25. The first-order valence-electron chi connectivity index (χ1n) is 13.4. The van der Waals surface area contributed by atoms with Crippen LogP contribution in [0, 0.1) is 0 Å². The first-order valence-corrected chi connectivity index (χ1v) is 14.3. The molecule has 3 aromatic carbocycles. The van der Waals surface area contributed by atoms with Crippen LogP contribution in [0.15, 0.2) is 90.3 Å². The van der Waals surface area contributed by atoms with Crippen molar-refractivity contribution >= 4 is 28.8 Å². The Bertz CT molecular complexity index is 1420. The molecule has 2 heterocycles. The average molecular weight is 573 g/mol. The second kappa shape index (κ2) is 13.4. The Balaban J connectivity index is 1.05. The Morgan fingerprint density at radius 1 is 0.878 bits per heavy atom. The van der Waals surface area contributed by atoms with Crippen molar-refractivity contribution in [2.75, 3.05) is 31.1 Å². The van der Waals surface area contributed by atoms with E-state index in [-0.39, 0.29) is 6.54 Å². The van der Waals surface area contributed by atoms with Crippen molar-refractivity contribution in [3.05, 3.63) is 102 Å². The molecule has 0 saturated carbocycles. The summed E-state index contributed by atoms with van der Waals surface area (Å²) in [5.41, 5.74) is 3.75. The van der Waals surface area contributed by atoms with Crippen molar-refractivity contribution in [2.45, 2.75) is 25.4 Å². The van der Waals surface area contributed by atoms with Gasteiger partial charge in [0.1, 0.15) is 17.4 Å². The zero-order valence-corrected chi connectivity index (χ0v) is 23.2. The number of aliphatic hydroxyl groups is 2. The Labute approximate surface area is 242 Å². The molecule has 41 heavy (non-hydrogen) atoms. The van der Waals surface area contributed by atoms with Crippen molar-refractivity contribution in [3.63, 3.8) is 0 Å². The van der Waals surface area contributed by atoms with Crippen LogP contribution < -0.4 is 15.0 Å². The summed E-state index contributed by atoms with van der Waals surface area (Å²) in [5.74, 6) is -0.813. The topological polar surface area (TPSA) is 115 Å². The highest BCUT2D eigenvalue weighted by Gasteiger charge is 2.34.